The second-order valence-electron chi connectivity index (χ2n) is 37.7. The number of fused-ring (bicyclic) bond motifs is 1. The van der Waals surface area contributed by atoms with Crippen LogP contribution in [-0.2, 0) is 104 Å². The summed E-state index contributed by atoms with van der Waals surface area (Å²) in [6.45, 7) is 8.30. The molecule has 1 aliphatic carbocycles. The molecule has 8 unspecified atom stereocenters. The lowest BCUT2D eigenvalue weighted by Gasteiger charge is -2.40. The van der Waals surface area contributed by atoms with Gasteiger partial charge in [-0.2, -0.15) is 0 Å². The number of nitrogens with zero attached hydrogens (tertiary/aromatic N) is 3. The number of imidazole rings is 1. The van der Waals surface area contributed by atoms with Crippen molar-refractivity contribution in [3.63, 3.8) is 0 Å². The number of aromatic nitrogens is 2. The van der Waals surface area contributed by atoms with Crippen molar-refractivity contribution in [1.82, 2.24) is 25.1 Å². The zero-order valence-corrected chi connectivity index (χ0v) is 81.9. The molecular weight excluding hydrogens is 1800 g/mol. The zero-order valence-electron chi connectivity index (χ0n) is 80.1. The maximum absolute atomic E-state index is 14.3. The van der Waals surface area contributed by atoms with Gasteiger partial charge in [0.25, 0.3) is 0 Å². The Morgan fingerprint density at radius 1 is 0.481 bits per heavy atom. The number of hydrogen-bond acceptors (Lipinski definition) is 33. The van der Waals surface area contributed by atoms with Crippen molar-refractivity contribution in [3.05, 3.63) is 30.1 Å². The van der Waals surface area contributed by atoms with Gasteiger partial charge in [0.15, 0.2) is 18.9 Å². The minimum atomic E-state index is -4.91. The molecule has 22 atom stereocenters. The van der Waals surface area contributed by atoms with Gasteiger partial charge in [-0.05, 0) is 128 Å². The Kier molecular flexibility index (Phi) is 53.4. The molecule has 5 aliphatic rings. The number of carbonyl (C=O) groups excluding carboxylic acids is 8. The third kappa shape index (κ3) is 40.7. The standard InChI is InChI=1S/C94H159N5O34P2/c1-62(2)134(118,119)132-76-51-67(99-61-96-84-63(3)28-27-37-75(84)99)52-77(76)133-135(120,121)128-57-68-50-74(108)53-98(68)83(111)39-18-10-8-7-9-17-38-82(110)97-94(58-122-47-40-72(106)31-15-11-13-29-69(103)34-20-24-44-125-91-64(4)85(112)88(115)78(54-100)129-91,59-123-48-41-73(107)32-16-12-14-30-70(104)35-21-25-45-126-92-65(5)86(113)89(116)79(55-101)130-92)60-124-49-42-81(109)95-43-23-19-33-71(105)36-22-26-46-127-93-66(6)87(114)90(117)80(56-102)131-93/h27-28,37,61-62,64-68,74,76-80,85-93,100-102,108,112-117H,7-26,29-36,38-60H2,1-6H3,(H,95,109)(H,97,110)(H,118,119)(H,120,121)/t64?,65?,66?,67-,68-,74+,76+,77+,78?,79?,80?,85-,86-,87-,88+,89+,90+,91-,92-,93-,94?/m1/s1. The monoisotopic (exact) mass is 1960 g/mol. The fraction of sp³-hybridized carbons (Fsp3) is 0.840. The topological polar surface area (TPSA) is 569 Å². The van der Waals surface area contributed by atoms with E-state index < -0.39 is 169 Å². The second-order valence-corrected chi connectivity index (χ2v) is 41.5. The van der Waals surface area contributed by atoms with Crippen LogP contribution in [0.3, 0.4) is 0 Å². The van der Waals surface area contributed by atoms with Crippen LogP contribution in [0.5, 0.6) is 0 Å². The number of aliphatic hydroxyl groups excluding tert-OH is 10. The Balaban J connectivity index is 0.888. The number of ether oxygens (including phenoxy) is 9. The highest BCUT2D eigenvalue weighted by molar-refractivity contribution is 7.53. The number of hydrogen-bond donors (Lipinski definition) is 14. The minimum Gasteiger partial charge on any atom is -0.394 e. The number of rotatable bonds is 72. The molecule has 0 radical (unpaired) electrons. The number of phosphoric acid groups is 1. The van der Waals surface area contributed by atoms with E-state index in [0.29, 0.717) is 167 Å². The Labute approximate surface area is 794 Å². The molecule has 1 aromatic heterocycles. The maximum Gasteiger partial charge on any atom is 0.472 e. The molecule has 41 heteroatoms. The lowest BCUT2D eigenvalue weighted by atomic mass is 9.92. The van der Waals surface area contributed by atoms with Gasteiger partial charge in [-0.15, -0.1) is 0 Å². The summed E-state index contributed by atoms with van der Waals surface area (Å²) in [5.74, 6) is -2.59. The molecular formula is C94H159N5O34P2. The molecule has 3 amide bonds. The van der Waals surface area contributed by atoms with Crippen molar-refractivity contribution >= 4 is 73.1 Å². The van der Waals surface area contributed by atoms with Crippen LogP contribution in [0.1, 0.15) is 277 Å². The highest BCUT2D eigenvalue weighted by Crippen LogP contribution is 2.55. The van der Waals surface area contributed by atoms with Crippen molar-refractivity contribution in [3.8, 4) is 0 Å². The molecule has 135 heavy (non-hydrogen) atoms. The SMILES string of the molecule is Cc1cccc2c1ncn2[C@H]1C[C@H](OP(=O)(O)OC[C@H]2C[C@H](O)CN2C(=O)CCCCCCCCC(=O)NC(COCCC(=O)CCCCCC(=O)CCCCO[C@@H]2OC(CO)[C@H](O)[C@H](O)C2C)(COCCC(=O)CCCCCC(=O)CCCCO[C@@H]2OC(CO)[C@H](O)[C@H](O)C2C)COCCC(=O)NCCCCC(=O)CCCCO[C@@H]2OC(CO)[C@H](O)[C@H](O)C2C)[C@@H](OP(=O)(O)C(C)C)C1. The number of Topliss-reactive ketones (excluding diaryl/α,β-unsaturated/α-hetero) is 5. The number of phosphoric ester groups is 1. The molecule has 1 saturated carbocycles. The minimum absolute atomic E-state index is 0.0216. The van der Waals surface area contributed by atoms with E-state index in [4.69, 9.17) is 56.2 Å². The lowest BCUT2D eigenvalue weighted by molar-refractivity contribution is -0.282. The number of nitrogens with one attached hydrogen (secondary N) is 2. The number of aliphatic hydroxyl groups is 10. The number of carbonyl (C=O) groups is 8. The van der Waals surface area contributed by atoms with E-state index in [1.54, 1.807) is 27.1 Å². The highest BCUT2D eigenvalue weighted by atomic mass is 31.2. The molecule has 0 spiro atoms. The zero-order chi connectivity index (χ0) is 98.6. The fourth-order valence-electron chi connectivity index (χ4n) is 17.4. The summed E-state index contributed by atoms with van der Waals surface area (Å²) in [4.78, 5) is 134. The quantitative estimate of drug-likeness (QED) is 0.0231. The molecule has 5 fully saturated rings. The number of aryl methyl sites for hydroxylation is 1. The highest BCUT2D eigenvalue weighted by Gasteiger charge is 2.49. The van der Waals surface area contributed by atoms with Crippen molar-refractivity contribution < 1.29 is 165 Å². The van der Waals surface area contributed by atoms with Gasteiger partial charge in [0, 0.05) is 140 Å². The van der Waals surface area contributed by atoms with Gasteiger partial charge in [0.2, 0.25) is 17.7 Å². The summed E-state index contributed by atoms with van der Waals surface area (Å²) in [7, 11) is -9.11. The van der Waals surface area contributed by atoms with Gasteiger partial charge in [-0.3, -0.25) is 52.0 Å². The summed E-state index contributed by atoms with van der Waals surface area (Å²) >= 11 is 0. The van der Waals surface area contributed by atoms with E-state index in [1.807, 2.05) is 29.7 Å². The van der Waals surface area contributed by atoms with Gasteiger partial charge in [-0.1, -0.05) is 85.3 Å². The largest absolute Gasteiger partial charge is 0.472 e. The lowest BCUT2D eigenvalue weighted by Crippen LogP contribution is -2.58. The number of unbranched alkanes of at least 4 members (excludes halogenated alkanes) is 13. The first-order valence-corrected chi connectivity index (χ1v) is 52.3. The van der Waals surface area contributed by atoms with E-state index >= 15 is 0 Å². The van der Waals surface area contributed by atoms with Gasteiger partial charge in [0.1, 0.15) is 71.1 Å². The van der Waals surface area contributed by atoms with E-state index in [0.717, 1.165) is 16.6 Å². The van der Waals surface area contributed by atoms with Crippen LogP contribution in [0.4, 0.5) is 0 Å². The molecule has 5 heterocycles. The molecule has 1 aromatic carbocycles. The average molecular weight is 1970 g/mol. The summed E-state index contributed by atoms with van der Waals surface area (Å²) in [5.41, 5.74) is 0.320. The number of β-amino-alcohol motifs (C(OH)–C–C–N with tert-alkyl or cyclic N) is 1. The van der Waals surface area contributed by atoms with Crippen LogP contribution in [0, 0.1) is 24.7 Å². The maximum atomic E-state index is 14.3. The molecule has 2 aromatic rings. The normalized spacial score (nSPS) is 27.4. The predicted octanol–water partition coefficient (Wildman–Crippen LogP) is 7.14. The van der Waals surface area contributed by atoms with Crippen molar-refractivity contribution in [2.24, 2.45) is 17.8 Å². The number of para-hydroxylation sites is 1. The Morgan fingerprint density at radius 2 is 0.874 bits per heavy atom. The van der Waals surface area contributed by atoms with E-state index in [9.17, 15) is 108 Å². The van der Waals surface area contributed by atoms with Gasteiger partial charge in [-0.25, -0.2) is 9.55 Å². The smallest absolute Gasteiger partial charge is 0.394 e. The third-order valence-electron chi connectivity index (χ3n) is 26.1. The first-order valence-electron chi connectivity index (χ1n) is 49.2. The molecule has 774 valence electrons. The average Bonchev–Trinajstić information content (AvgIpc) is 1.62. The first-order chi connectivity index (χ1) is 64.5. The number of benzene rings is 1. The van der Waals surface area contributed by atoms with Crippen LogP contribution < -0.4 is 10.6 Å². The van der Waals surface area contributed by atoms with Crippen LogP contribution in [-0.4, -0.2) is 330 Å². The van der Waals surface area contributed by atoms with Gasteiger partial charge >= 0.3 is 15.4 Å². The summed E-state index contributed by atoms with van der Waals surface area (Å²) in [6.07, 6.45) is 0.306. The van der Waals surface area contributed by atoms with Crippen molar-refractivity contribution in [1.29, 1.82) is 0 Å². The summed E-state index contributed by atoms with van der Waals surface area (Å²) < 4.78 is 98.7. The molecule has 4 saturated heterocycles. The second kappa shape index (κ2) is 61.7. The third-order valence-corrected chi connectivity index (χ3v) is 29.0. The van der Waals surface area contributed by atoms with Gasteiger partial charge < -0.3 is 128 Å². The predicted molar refractivity (Wildman–Crippen MR) is 492 cm³/mol. The molecule has 0 bridgehead atoms. The summed E-state index contributed by atoms with van der Waals surface area (Å²) in [5, 5.41) is 107. The van der Waals surface area contributed by atoms with Crippen molar-refractivity contribution in [2.75, 3.05) is 99.0 Å². The first kappa shape index (κ1) is 117. The van der Waals surface area contributed by atoms with E-state index in [1.165, 1.54) is 18.7 Å². The molecule has 14 N–H and O–H groups in total. The summed E-state index contributed by atoms with van der Waals surface area (Å²) in [6, 6.07) is 4.54. The Morgan fingerprint density at radius 3 is 1.32 bits per heavy atom. The van der Waals surface area contributed by atoms with Crippen molar-refractivity contribution in [2.45, 2.75) is 388 Å². The molecule has 4 aliphatic heterocycles. The number of likely N-dealkylation sites (tertiary alicyclic amines) is 1. The van der Waals surface area contributed by atoms with Crippen LogP contribution in [0.2, 0.25) is 0 Å². The Bertz CT molecular complexity index is 3720. The van der Waals surface area contributed by atoms with Crippen LogP contribution >= 0.6 is 15.4 Å². The van der Waals surface area contributed by atoms with Crippen LogP contribution in [0.15, 0.2) is 24.5 Å². The van der Waals surface area contributed by atoms with Crippen LogP contribution in [0.25, 0.3) is 11.0 Å². The fourth-order valence-corrected chi connectivity index (χ4v) is 19.2. The Hall–Kier alpha value is -5.05. The molecule has 39 nitrogen and oxygen atoms in total. The van der Waals surface area contributed by atoms with E-state index in [-0.39, 0.29) is 189 Å². The van der Waals surface area contributed by atoms with E-state index in [2.05, 4.69) is 15.6 Å². The number of ketones is 5. The number of amides is 3. The molecule has 7 rings (SSSR count). The van der Waals surface area contributed by atoms with Gasteiger partial charge in [0.05, 0.1) is 132 Å².